The van der Waals surface area contributed by atoms with Crippen LogP contribution in [-0.4, -0.2) is 77.4 Å². The van der Waals surface area contributed by atoms with E-state index in [0.717, 1.165) is 16.7 Å². The summed E-state index contributed by atoms with van der Waals surface area (Å²) in [5.41, 5.74) is 7.32. The molecule has 0 radical (unpaired) electrons. The van der Waals surface area contributed by atoms with E-state index in [1.165, 1.54) is 12.9 Å². The minimum atomic E-state index is -4.28. The summed E-state index contributed by atoms with van der Waals surface area (Å²) >= 11 is 0. The van der Waals surface area contributed by atoms with Gasteiger partial charge in [-0.25, -0.2) is 25.3 Å². The molecule has 0 N–H and O–H groups in total. The zero-order valence-corrected chi connectivity index (χ0v) is 47.4. The highest BCUT2D eigenvalue weighted by Gasteiger charge is 2.35. The van der Waals surface area contributed by atoms with E-state index in [4.69, 9.17) is 0 Å². The van der Waals surface area contributed by atoms with Crippen LogP contribution in [0.25, 0.3) is 0 Å². The van der Waals surface area contributed by atoms with Crippen LogP contribution in [0.1, 0.15) is 228 Å². The van der Waals surface area contributed by atoms with E-state index in [1.54, 1.807) is 0 Å². The van der Waals surface area contributed by atoms with Crippen LogP contribution >= 0.6 is 0 Å². The number of hydrogen-bond acceptors (Lipinski definition) is 6. The third-order valence-corrected chi connectivity index (χ3v) is 18.7. The van der Waals surface area contributed by atoms with Gasteiger partial charge in [0.2, 0.25) is 30.1 Å². The van der Waals surface area contributed by atoms with Crippen molar-refractivity contribution >= 4 is 30.1 Å². The Bertz CT molecular complexity index is 2440. The van der Waals surface area contributed by atoms with E-state index in [0.29, 0.717) is 33.4 Å². The maximum atomic E-state index is 15.2. The van der Waals surface area contributed by atoms with Crippen LogP contribution in [0.2, 0.25) is 0 Å². The number of sulfonamides is 3. The fourth-order valence-electron chi connectivity index (χ4n) is 8.49. The molecule has 0 saturated heterocycles. The SMILES string of the molecule is CC(C)c1cc(C(C)C)c(S(=O)(=O)N2CC#CCN(S(=O)(=O)c3c(C(C)C)cc(C(C)C)cc3C(C)C)CC#CCN(S(=O)(=O)c3c(C(C)C)cc(C(C)C)cc3C(C)C)CC#CC2)c(C(C)C)c1. The van der Waals surface area contributed by atoms with Crippen LogP contribution in [-0.2, 0) is 30.1 Å². The Morgan fingerprint density at radius 3 is 0.551 bits per heavy atom. The largest absolute Gasteiger partial charge is 0.245 e. The molecule has 1 heterocycles. The van der Waals surface area contributed by atoms with Crippen LogP contribution in [0.4, 0.5) is 0 Å². The van der Waals surface area contributed by atoms with E-state index >= 15 is 25.3 Å². The van der Waals surface area contributed by atoms with Crippen molar-refractivity contribution in [1.82, 2.24) is 12.9 Å². The number of benzene rings is 3. The molecule has 1 aliphatic heterocycles. The summed E-state index contributed by atoms with van der Waals surface area (Å²) in [5.74, 6) is 17.9. The average molecular weight is 1000 g/mol. The molecule has 378 valence electrons. The van der Waals surface area contributed by atoms with Gasteiger partial charge in [0.15, 0.2) is 0 Å². The van der Waals surface area contributed by atoms with Crippen molar-refractivity contribution in [3.63, 3.8) is 0 Å². The van der Waals surface area contributed by atoms with Gasteiger partial charge in [-0.2, -0.15) is 12.9 Å². The molecule has 0 aliphatic carbocycles. The molecule has 3 aromatic carbocycles. The zero-order valence-electron chi connectivity index (χ0n) is 44.9. The van der Waals surface area contributed by atoms with Gasteiger partial charge in [0.05, 0.1) is 54.0 Å². The predicted octanol–water partition coefficient (Wildman–Crippen LogP) is 12.2. The normalized spacial score (nSPS) is 15.5. The lowest BCUT2D eigenvalue weighted by atomic mass is 9.89. The fourth-order valence-corrected chi connectivity index (χ4v) is 14.2. The first-order valence-corrected chi connectivity index (χ1v) is 29.2. The van der Waals surface area contributed by atoms with Gasteiger partial charge in [-0.05, 0) is 103 Å². The molecular weight excluding hydrogens is 919 g/mol. The third kappa shape index (κ3) is 13.1. The Labute approximate surface area is 419 Å². The Morgan fingerprint density at radius 2 is 0.435 bits per heavy atom. The van der Waals surface area contributed by atoms with Crippen molar-refractivity contribution in [3.8, 4) is 35.5 Å². The smallest absolute Gasteiger partial charge is 0.207 e. The standard InChI is InChI=1S/C57H81N3O6S3/c1-37(2)46-31-49(40(7)8)55(50(32-46)41(9)10)67(61,62)58-25-19-21-27-59(68(63,64)56-51(42(11)12)33-47(38(3)4)34-52(56)43(13)14)29-23-24-30-60(28-22-20-26-58)69(65,66)57-53(44(15)16)35-48(39(5)6)36-54(57)45(17)18/h31-45H,25-30H2,1-18H3. The van der Waals surface area contributed by atoms with Crippen LogP contribution in [0.5, 0.6) is 0 Å². The number of hydrogen-bond donors (Lipinski definition) is 0. The maximum absolute atomic E-state index is 15.2. The highest BCUT2D eigenvalue weighted by Crippen LogP contribution is 2.40. The summed E-state index contributed by atoms with van der Waals surface area (Å²) in [7, 11) is -12.8. The van der Waals surface area contributed by atoms with Gasteiger partial charge in [-0.3, -0.25) is 0 Å². The maximum Gasteiger partial charge on any atom is 0.245 e. The number of rotatable bonds is 15. The summed E-state index contributed by atoms with van der Waals surface area (Å²) in [6.07, 6.45) is 0. The van der Waals surface area contributed by atoms with Crippen LogP contribution in [0.15, 0.2) is 51.1 Å². The van der Waals surface area contributed by atoms with Crippen molar-refractivity contribution in [2.24, 2.45) is 0 Å². The minimum Gasteiger partial charge on any atom is -0.207 e. The predicted molar refractivity (Wildman–Crippen MR) is 286 cm³/mol. The van der Waals surface area contributed by atoms with Gasteiger partial charge >= 0.3 is 0 Å². The molecule has 0 bridgehead atoms. The topological polar surface area (TPSA) is 112 Å². The summed E-state index contributed by atoms with van der Waals surface area (Å²) in [6, 6.07) is 11.9. The quantitative estimate of drug-likeness (QED) is 0.140. The summed E-state index contributed by atoms with van der Waals surface area (Å²) in [5, 5.41) is 0. The van der Waals surface area contributed by atoms with E-state index in [1.807, 2.05) is 119 Å². The van der Waals surface area contributed by atoms with Crippen molar-refractivity contribution in [2.45, 2.75) is 193 Å². The van der Waals surface area contributed by atoms with E-state index in [9.17, 15) is 0 Å². The van der Waals surface area contributed by atoms with E-state index < -0.39 is 30.1 Å². The monoisotopic (exact) mass is 1000 g/mol. The fraction of sp³-hybridized carbons (Fsp3) is 0.579. The first kappa shape index (κ1) is 57.6. The Hall–Kier alpha value is -3.93. The summed E-state index contributed by atoms with van der Waals surface area (Å²) in [6.45, 7) is 34.6. The second-order valence-electron chi connectivity index (χ2n) is 21.4. The molecule has 12 heteroatoms. The molecule has 0 spiro atoms. The van der Waals surface area contributed by atoms with Gasteiger partial charge in [-0.1, -0.05) is 197 Å². The molecule has 0 unspecified atom stereocenters. The zero-order chi connectivity index (χ0) is 52.1. The molecule has 0 atom stereocenters. The van der Waals surface area contributed by atoms with E-state index in [2.05, 4.69) is 77.1 Å². The van der Waals surface area contributed by atoms with Crippen LogP contribution < -0.4 is 0 Å². The third-order valence-electron chi connectivity index (χ3n) is 12.9. The van der Waals surface area contributed by atoms with E-state index in [-0.39, 0.29) is 107 Å². The Morgan fingerprint density at radius 1 is 0.290 bits per heavy atom. The molecule has 0 fully saturated rings. The van der Waals surface area contributed by atoms with Crippen LogP contribution in [0, 0.1) is 35.5 Å². The molecule has 1 aliphatic rings. The summed E-state index contributed by atoms with van der Waals surface area (Å²) in [4.78, 5) is 0.666. The van der Waals surface area contributed by atoms with Gasteiger partial charge < -0.3 is 0 Å². The van der Waals surface area contributed by atoms with Gasteiger partial charge in [0.1, 0.15) is 0 Å². The molecule has 69 heavy (non-hydrogen) atoms. The Kier molecular flexibility index (Phi) is 19.7. The lowest BCUT2D eigenvalue weighted by Gasteiger charge is -2.27. The highest BCUT2D eigenvalue weighted by molar-refractivity contribution is 7.89. The average Bonchev–Trinajstić information content (AvgIpc) is 3.26. The summed E-state index contributed by atoms with van der Waals surface area (Å²) < 4.78 is 95.2. The minimum absolute atomic E-state index is 0.133. The highest BCUT2D eigenvalue weighted by atomic mass is 32.2. The van der Waals surface area contributed by atoms with Crippen LogP contribution in [0.3, 0.4) is 0 Å². The lowest BCUT2D eigenvalue weighted by Crippen LogP contribution is -2.35. The van der Waals surface area contributed by atoms with Crippen molar-refractivity contribution in [3.05, 3.63) is 86.5 Å². The molecule has 0 aromatic heterocycles. The first-order chi connectivity index (χ1) is 32.0. The second kappa shape index (κ2) is 23.5. The molecule has 0 amide bonds. The molecular formula is C57H81N3O6S3. The molecule has 0 saturated carbocycles. The van der Waals surface area contributed by atoms with Gasteiger partial charge in [-0.15, -0.1) is 0 Å². The second-order valence-corrected chi connectivity index (χ2v) is 27.0. The molecule has 9 nitrogen and oxygen atoms in total. The molecule has 4 rings (SSSR count). The van der Waals surface area contributed by atoms with Crippen molar-refractivity contribution in [2.75, 3.05) is 39.3 Å². The van der Waals surface area contributed by atoms with Crippen molar-refractivity contribution < 1.29 is 25.3 Å². The van der Waals surface area contributed by atoms with Crippen molar-refractivity contribution in [1.29, 1.82) is 0 Å². The van der Waals surface area contributed by atoms with Gasteiger partial charge in [0, 0.05) is 0 Å². The Balaban J connectivity index is 2.05. The first-order valence-electron chi connectivity index (χ1n) is 24.9. The lowest BCUT2D eigenvalue weighted by molar-refractivity contribution is 0.474. The van der Waals surface area contributed by atoms with Gasteiger partial charge in [0.25, 0.3) is 0 Å². The molecule has 3 aromatic rings. The number of nitrogens with zero attached hydrogens (tertiary/aromatic N) is 3.